The summed E-state index contributed by atoms with van der Waals surface area (Å²) in [7, 11) is 0. The maximum Gasteiger partial charge on any atom is 0.154 e. The van der Waals surface area contributed by atoms with E-state index in [4.69, 9.17) is 15.5 Å². The molecule has 1 aromatic carbocycles. The Hall–Kier alpha value is -2.97. The zero-order valence-corrected chi connectivity index (χ0v) is 17.9. The summed E-state index contributed by atoms with van der Waals surface area (Å²) in [6.07, 6.45) is 7.82. The lowest BCUT2D eigenvalue weighted by Crippen LogP contribution is -2.50. The topological polar surface area (TPSA) is 97.4 Å². The standard InChI is InChI=1S/C23H27N7O/c1-14-20(16-3-4-17-10-26-28-18(17)9-16)30-13-25-11-19(30)22(27-14)29-7-5-23(6-8-29)12-31-15(2)21(23)24/h3-4,9-11,13,15,21H,5-8,12,24H2,1-2H3,(H,26,28)/t15-,21?/m0/s1. The van der Waals surface area contributed by atoms with Crippen LogP contribution in [0.3, 0.4) is 0 Å². The monoisotopic (exact) mass is 417 g/mol. The summed E-state index contributed by atoms with van der Waals surface area (Å²) >= 11 is 0. The second-order valence-corrected chi connectivity index (χ2v) is 9.08. The summed E-state index contributed by atoms with van der Waals surface area (Å²) in [6.45, 7) is 6.79. The van der Waals surface area contributed by atoms with E-state index in [0.29, 0.717) is 0 Å². The molecule has 3 aromatic heterocycles. The maximum atomic E-state index is 6.51. The number of piperidine rings is 1. The molecule has 0 aliphatic carbocycles. The molecule has 2 fully saturated rings. The number of nitrogens with two attached hydrogens (primary N) is 1. The summed E-state index contributed by atoms with van der Waals surface area (Å²) in [5, 5.41) is 8.30. The van der Waals surface area contributed by atoms with Crippen LogP contribution in [-0.4, -0.2) is 56.4 Å². The van der Waals surface area contributed by atoms with Crippen molar-refractivity contribution in [3.8, 4) is 11.3 Å². The number of ether oxygens (including phenoxy) is 1. The lowest BCUT2D eigenvalue weighted by molar-refractivity contribution is 0.0974. The first-order chi connectivity index (χ1) is 15.1. The van der Waals surface area contributed by atoms with Gasteiger partial charge < -0.3 is 15.4 Å². The van der Waals surface area contributed by atoms with Gasteiger partial charge in [0.1, 0.15) is 5.52 Å². The lowest BCUT2D eigenvalue weighted by Gasteiger charge is -2.41. The minimum Gasteiger partial charge on any atom is -0.376 e. The van der Waals surface area contributed by atoms with Crippen molar-refractivity contribution in [3.05, 3.63) is 42.6 Å². The molecule has 1 spiro atoms. The molecule has 4 aromatic rings. The van der Waals surface area contributed by atoms with Gasteiger partial charge in [0.05, 0.1) is 48.3 Å². The van der Waals surface area contributed by atoms with Gasteiger partial charge in [0.15, 0.2) is 5.82 Å². The van der Waals surface area contributed by atoms with E-state index in [1.807, 2.05) is 18.7 Å². The van der Waals surface area contributed by atoms with Gasteiger partial charge in [-0.2, -0.15) is 5.10 Å². The van der Waals surface area contributed by atoms with E-state index in [2.05, 4.69) is 56.5 Å². The van der Waals surface area contributed by atoms with E-state index >= 15 is 0 Å². The summed E-state index contributed by atoms with van der Waals surface area (Å²) in [4.78, 5) is 11.9. The Morgan fingerprint density at radius 3 is 2.84 bits per heavy atom. The van der Waals surface area contributed by atoms with E-state index in [0.717, 1.165) is 71.7 Å². The third kappa shape index (κ3) is 2.78. The molecule has 2 saturated heterocycles. The van der Waals surface area contributed by atoms with Crippen molar-refractivity contribution in [3.63, 3.8) is 0 Å². The van der Waals surface area contributed by atoms with Crippen molar-refractivity contribution < 1.29 is 4.74 Å². The number of aryl methyl sites for hydroxylation is 1. The minimum atomic E-state index is 0.0981. The van der Waals surface area contributed by atoms with Crippen LogP contribution in [-0.2, 0) is 4.74 Å². The number of nitrogens with zero attached hydrogens (tertiary/aromatic N) is 5. The number of aromatic amines is 1. The van der Waals surface area contributed by atoms with Crippen molar-refractivity contribution in [2.24, 2.45) is 11.1 Å². The van der Waals surface area contributed by atoms with Crippen molar-refractivity contribution >= 4 is 22.2 Å². The van der Waals surface area contributed by atoms with Gasteiger partial charge in [-0.1, -0.05) is 12.1 Å². The molecule has 8 nitrogen and oxygen atoms in total. The van der Waals surface area contributed by atoms with Gasteiger partial charge in [-0.25, -0.2) is 9.97 Å². The van der Waals surface area contributed by atoms with Crippen LogP contribution in [0.1, 0.15) is 25.5 Å². The lowest BCUT2D eigenvalue weighted by atomic mass is 9.73. The van der Waals surface area contributed by atoms with Gasteiger partial charge in [0.25, 0.3) is 0 Å². The SMILES string of the molecule is Cc1nc(N2CCC3(CC2)CO[C@@H](C)C3N)c2cncn2c1-c1ccc2cn[nH]c2c1. The number of nitrogens with one attached hydrogen (secondary N) is 1. The van der Waals surface area contributed by atoms with Crippen molar-refractivity contribution in [2.45, 2.75) is 38.8 Å². The average molecular weight is 418 g/mol. The number of rotatable bonds is 2. The van der Waals surface area contributed by atoms with Gasteiger partial charge >= 0.3 is 0 Å². The van der Waals surface area contributed by atoms with Crippen molar-refractivity contribution in [1.82, 2.24) is 24.6 Å². The zero-order valence-electron chi connectivity index (χ0n) is 17.9. The Labute approximate surface area is 180 Å². The van der Waals surface area contributed by atoms with E-state index in [9.17, 15) is 0 Å². The van der Waals surface area contributed by atoms with Crippen molar-refractivity contribution in [2.75, 3.05) is 24.6 Å². The zero-order chi connectivity index (χ0) is 21.2. The Morgan fingerprint density at radius 2 is 2.06 bits per heavy atom. The number of benzene rings is 1. The molecular formula is C23H27N7O. The average Bonchev–Trinajstić information content (AvgIpc) is 3.50. The first-order valence-corrected chi connectivity index (χ1v) is 10.9. The van der Waals surface area contributed by atoms with E-state index < -0.39 is 0 Å². The number of imidazole rings is 1. The molecule has 2 atom stereocenters. The van der Waals surface area contributed by atoms with Gasteiger partial charge in [-0.05, 0) is 32.8 Å². The van der Waals surface area contributed by atoms with E-state index in [1.54, 1.807) is 0 Å². The molecule has 1 unspecified atom stereocenters. The Bertz CT molecular complexity index is 1270. The fourth-order valence-electron chi connectivity index (χ4n) is 5.38. The third-order valence-electron chi connectivity index (χ3n) is 7.35. The first kappa shape index (κ1) is 18.8. The number of anilines is 1. The summed E-state index contributed by atoms with van der Waals surface area (Å²) in [6, 6.07) is 6.44. The number of aromatic nitrogens is 5. The third-order valence-corrected chi connectivity index (χ3v) is 7.35. The summed E-state index contributed by atoms with van der Waals surface area (Å²) in [5.41, 5.74) is 11.8. The van der Waals surface area contributed by atoms with E-state index in [1.165, 1.54) is 0 Å². The highest BCUT2D eigenvalue weighted by Gasteiger charge is 2.47. The molecule has 0 amide bonds. The van der Waals surface area contributed by atoms with Crippen LogP contribution in [0.5, 0.6) is 0 Å². The normalized spacial score (nSPS) is 23.4. The molecule has 0 saturated carbocycles. The minimum absolute atomic E-state index is 0.0981. The van der Waals surface area contributed by atoms with Crippen molar-refractivity contribution in [1.29, 1.82) is 0 Å². The summed E-state index contributed by atoms with van der Waals surface area (Å²) < 4.78 is 8.04. The second-order valence-electron chi connectivity index (χ2n) is 9.08. The molecule has 3 N–H and O–H groups in total. The predicted molar refractivity (Wildman–Crippen MR) is 120 cm³/mol. The van der Waals surface area contributed by atoms with Gasteiger partial charge in [0, 0.05) is 35.5 Å². The fourth-order valence-corrected chi connectivity index (χ4v) is 5.38. The quantitative estimate of drug-likeness (QED) is 0.521. The molecular weight excluding hydrogens is 390 g/mol. The van der Waals surface area contributed by atoms with E-state index in [-0.39, 0.29) is 17.6 Å². The molecule has 31 heavy (non-hydrogen) atoms. The predicted octanol–water partition coefficient (Wildman–Crippen LogP) is 2.91. The fraction of sp³-hybridized carbons (Fsp3) is 0.435. The Morgan fingerprint density at radius 1 is 1.23 bits per heavy atom. The van der Waals surface area contributed by atoms with Crippen LogP contribution in [0.2, 0.25) is 0 Å². The molecule has 8 heteroatoms. The van der Waals surface area contributed by atoms with Crippen LogP contribution in [0.15, 0.2) is 36.9 Å². The highest BCUT2D eigenvalue weighted by atomic mass is 16.5. The Kier molecular flexibility index (Phi) is 4.10. The molecule has 2 aliphatic rings. The number of hydrogen-bond acceptors (Lipinski definition) is 6. The Balaban J connectivity index is 1.37. The largest absolute Gasteiger partial charge is 0.376 e. The molecule has 0 radical (unpaired) electrons. The van der Waals surface area contributed by atoms with Crippen LogP contribution in [0.4, 0.5) is 5.82 Å². The highest BCUT2D eigenvalue weighted by Crippen LogP contribution is 2.42. The first-order valence-electron chi connectivity index (χ1n) is 10.9. The van der Waals surface area contributed by atoms with Crippen LogP contribution in [0, 0.1) is 12.3 Å². The smallest absolute Gasteiger partial charge is 0.154 e. The molecule has 0 bridgehead atoms. The van der Waals surface area contributed by atoms with Gasteiger partial charge in [-0.15, -0.1) is 0 Å². The van der Waals surface area contributed by atoms with Crippen LogP contribution < -0.4 is 10.6 Å². The molecule has 2 aliphatic heterocycles. The highest BCUT2D eigenvalue weighted by molar-refractivity contribution is 5.85. The molecule has 6 rings (SSSR count). The van der Waals surface area contributed by atoms with Crippen LogP contribution >= 0.6 is 0 Å². The number of hydrogen-bond donors (Lipinski definition) is 2. The number of H-pyrrole nitrogens is 1. The second kappa shape index (κ2) is 6.77. The van der Waals surface area contributed by atoms with Gasteiger partial charge in [-0.3, -0.25) is 9.50 Å². The summed E-state index contributed by atoms with van der Waals surface area (Å²) in [5.74, 6) is 0.997. The molecule has 5 heterocycles. The number of fused-ring (bicyclic) bond motifs is 2. The molecule has 160 valence electrons. The van der Waals surface area contributed by atoms with Crippen LogP contribution in [0.25, 0.3) is 27.7 Å². The van der Waals surface area contributed by atoms with Gasteiger partial charge in [0.2, 0.25) is 0 Å². The maximum absolute atomic E-state index is 6.51.